The van der Waals surface area contributed by atoms with Crippen molar-refractivity contribution in [3.8, 4) is 0 Å². The molecule has 0 aromatic carbocycles. The van der Waals surface area contributed by atoms with Gasteiger partial charge in [0.2, 0.25) is 0 Å². The molecule has 7 heteroatoms. The molecule has 0 aromatic heterocycles. The molecule has 0 radical (unpaired) electrons. The molecule has 0 saturated carbocycles. The molecule has 1 unspecified atom stereocenters. The zero-order chi connectivity index (χ0) is 14.0. The Bertz CT molecular complexity index is 222. The predicted molar refractivity (Wildman–Crippen MR) is 70.3 cm³/mol. The number of carboxylic acids is 1. The molecule has 0 saturated heterocycles. The van der Waals surface area contributed by atoms with Gasteiger partial charge in [0, 0.05) is 19.8 Å². The van der Waals surface area contributed by atoms with Crippen LogP contribution in [0.2, 0.25) is 5.54 Å². The highest BCUT2D eigenvalue weighted by molar-refractivity contribution is 6.66. The van der Waals surface area contributed by atoms with Crippen LogP contribution in [0.25, 0.3) is 0 Å². The molecule has 0 spiro atoms. The first-order valence-electron chi connectivity index (χ1n) is 6.42. The molecule has 0 amide bonds. The Morgan fingerprint density at radius 1 is 1.17 bits per heavy atom. The van der Waals surface area contributed by atoms with E-state index in [1.807, 2.05) is 20.8 Å². The third-order valence-electron chi connectivity index (χ3n) is 2.46. The Morgan fingerprint density at radius 3 is 1.89 bits per heavy atom. The van der Waals surface area contributed by atoms with E-state index >= 15 is 0 Å². The van der Waals surface area contributed by atoms with E-state index in [2.05, 4.69) is 0 Å². The lowest BCUT2D eigenvalue weighted by Gasteiger charge is -2.33. The number of carbonyl (C=O) groups is 1. The van der Waals surface area contributed by atoms with Crippen molar-refractivity contribution >= 4 is 14.8 Å². The molecule has 6 nitrogen and oxygen atoms in total. The first kappa shape index (κ1) is 17.5. The van der Waals surface area contributed by atoms with Crippen LogP contribution >= 0.6 is 0 Å². The normalized spacial score (nSPS) is 13.6. The van der Waals surface area contributed by atoms with Crippen LogP contribution in [0.5, 0.6) is 0 Å². The fraction of sp³-hybridized carbons (Fsp3) is 0.909. The third-order valence-corrected chi connectivity index (χ3v) is 5.92. The van der Waals surface area contributed by atoms with Crippen molar-refractivity contribution in [3.63, 3.8) is 0 Å². The van der Waals surface area contributed by atoms with E-state index in [9.17, 15) is 9.90 Å². The van der Waals surface area contributed by atoms with Crippen LogP contribution in [0.1, 0.15) is 33.6 Å². The van der Waals surface area contributed by atoms with Gasteiger partial charge < -0.3 is 24.1 Å². The summed E-state index contributed by atoms with van der Waals surface area (Å²) in [7, 11) is -3.18. The van der Waals surface area contributed by atoms with Gasteiger partial charge in [0.25, 0.3) is 0 Å². The second-order valence-corrected chi connectivity index (χ2v) is 6.49. The van der Waals surface area contributed by atoms with Gasteiger partial charge in [0.15, 0.2) is 0 Å². The molecular formula is C11H25NO5Si. The van der Waals surface area contributed by atoms with E-state index in [-0.39, 0.29) is 0 Å². The Morgan fingerprint density at radius 2 is 1.61 bits per heavy atom. The lowest BCUT2D eigenvalue weighted by Crippen LogP contribution is -2.53. The maximum Gasteiger partial charge on any atom is 0.515 e. The molecule has 0 aliphatic carbocycles. The topological polar surface area (TPSA) is 91.0 Å². The van der Waals surface area contributed by atoms with Crippen LogP contribution in [-0.4, -0.2) is 46.2 Å². The molecule has 3 N–H and O–H groups in total. The summed E-state index contributed by atoms with van der Waals surface area (Å²) in [6.45, 7) is 6.99. The minimum Gasteiger partial charge on any atom is -0.481 e. The monoisotopic (exact) mass is 279 g/mol. The molecule has 0 fully saturated rings. The van der Waals surface area contributed by atoms with Gasteiger partial charge in [-0.15, -0.1) is 0 Å². The van der Waals surface area contributed by atoms with Gasteiger partial charge in [-0.05, 0) is 40.2 Å². The number of carboxylic acid groups (broad SMARTS) is 1. The number of rotatable bonds is 11. The van der Waals surface area contributed by atoms with Crippen molar-refractivity contribution in [3.05, 3.63) is 0 Å². The Kier molecular flexibility index (Phi) is 9.21. The lowest BCUT2D eigenvalue weighted by atomic mass is 10.2. The molecule has 18 heavy (non-hydrogen) atoms. The summed E-state index contributed by atoms with van der Waals surface area (Å²) in [5, 5.41) is 9.37. The Balaban J connectivity index is 5.07. The lowest BCUT2D eigenvalue weighted by molar-refractivity contribution is -0.139. The van der Waals surface area contributed by atoms with E-state index in [0.717, 1.165) is 0 Å². The van der Waals surface area contributed by atoms with Gasteiger partial charge in [0.1, 0.15) is 5.54 Å². The summed E-state index contributed by atoms with van der Waals surface area (Å²) in [6, 6.07) is 0. The van der Waals surface area contributed by atoms with Crippen LogP contribution in [0.15, 0.2) is 0 Å². The molecule has 1 atom stereocenters. The van der Waals surface area contributed by atoms with Crippen LogP contribution in [-0.2, 0) is 18.1 Å². The van der Waals surface area contributed by atoms with E-state index in [0.29, 0.717) is 39.2 Å². The zero-order valence-corrected chi connectivity index (χ0v) is 12.5. The second kappa shape index (κ2) is 9.46. The van der Waals surface area contributed by atoms with Crippen molar-refractivity contribution < 1.29 is 23.2 Å². The average molecular weight is 279 g/mol. The first-order chi connectivity index (χ1) is 8.57. The molecule has 0 rings (SSSR count). The highest BCUT2D eigenvalue weighted by atomic mass is 28.4. The van der Waals surface area contributed by atoms with Gasteiger partial charge in [-0.1, -0.05) is 0 Å². The summed E-state index contributed by atoms with van der Waals surface area (Å²) in [5.74, 6) is -0.939. The van der Waals surface area contributed by atoms with Crippen molar-refractivity contribution in [2.45, 2.75) is 39.2 Å². The summed E-state index contributed by atoms with van der Waals surface area (Å²) < 4.78 is 16.8. The quantitative estimate of drug-likeness (QED) is 0.553. The van der Waals surface area contributed by atoms with Crippen molar-refractivity contribution in [1.29, 1.82) is 0 Å². The minimum absolute atomic E-state index is 0.374. The number of hydrogen-bond acceptors (Lipinski definition) is 5. The maximum absolute atomic E-state index is 11.4. The minimum atomic E-state index is -3.18. The SMILES string of the molecule is CCO[Si](OCC)(OCC)C(CCCN)C(=O)O. The largest absolute Gasteiger partial charge is 0.515 e. The average Bonchev–Trinajstić information content (AvgIpc) is 2.30. The van der Waals surface area contributed by atoms with E-state index in [1.165, 1.54) is 0 Å². The van der Waals surface area contributed by atoms with Crippen LogP contribution in [0.4, 0.5) is 0 Å². The molecule has 0 aromatic rings. The van der Waals surface area contributed by atoms with Crippen molar-refractivity contribution in [1.82, 2.24) is 0 Å². The molecule has 0 aliphatic heterocycles. The van der Waals surface area contributed by atoms with Gasteiger partial charge in [-0.3, -0.25) is 4.79 Å². The first-order valence-corrected chi connectivity index (χ1v) is 8.22. The molecule has 0 heterocycles. The second-order valence-electron chi connectivity index (χ2n) is 3.72. The molecule has 0 bridgehead atoms. The van der Waals surface area contributed by atoms with Crippen LogP contribution in [0.3, 0.4) is 0 Å². The van der Waals surface area contributed by atoms with Gasteiger partial charge in [-0.2, -0.15) is 0 Å². The van der Waals surface area contributed by atoms with E-state index < -0.39 is 20.3 Å². The summed E-state index contributed by atoms with van der Waals surface area (Å²) in [4.78, 5) is 11.4. The van der Waals surface area contributed by atoms with E-state index in [4.69, 9.17) is 19.0 Å². The maximum atomic E-state index is 11.4. The number of aliphatic carboxylic acids is 1. The summed E-state index contributed by atoms with van der Waals surface area (Å²) in [6.07, 6.45) is 1.02. The Hall–Kier alpha value is -0.473. The molecule has 108 valence electrons. The molecular weight excluding hydrogens is 254 g/mol. The molecule has 0 aliphatic rings. The summed E-state index contributed by atoms with van der Waals surface area (Å²) >= 11 is 0. The highest BCUT2D eigenvalue weighted by Gasteiger charge is 2.52. The Labute approximate surface area is 110 Å². The summed E-state index contributed by atoms with van der Waals surface area (Å²) in [5.41, 5.74) is 4.69. The van der Waals surface area contributed by atoms with Crippen molar-refractivity contribution in [2.75, 3.05) is 26.4 Å². The van der Waals surface area contributed by atoms with Gasteiger partial charge in [-0.25, -0.2) is 0 Å². The number of hydrogen-bond donors (Lipinski definition) is 2. The zero-order valence-electron chi connectivity index (χ0n) is 11.5. The number of nitrogens with two attached hydrogens (primary N) is 1. The third kappa shape index (κ3) is 5.03. The van der Waals surface area contributed by atoms with Crippen LogP contribution in [0, 0.1) is 0 Å². The van der Waals surface area contributed by atoms with Crippen molar-refractivity contribution in [2.24, 2.45) is 5.73 Å². The van der Waals surface area contributed by atoms with E-state index in [1.54, 1.807) is 0 Å². The predicted octanol–water partition coefficient (Wildman–Crippen LogP) is 1.23. The van der Waals surface area contributed by atoms with Crippen LogP contribution < -0.4 is 5.73 Å². The highest BCUT2D eigenvalue weighted by Crippen LogP contribution is 2.30. The van der Waals surface area contributed by atoms with Gasteiger partial charge >= 0.3 is 14.8 Å². The standard InChI is InChI=1S/C11H25NO5Si/c1-4-15-18(16-5-2,17-6-3)10(11(13)14)8-7-9-12/h10H,4-9,12H2,1-3H3,(H,13,14). The van der Waals surface area contributed by atoms with Gasteiger partial charge in [0.05, 0.1) is 0 Å². The fourth-order valence-electron chi connectivity index (χ4n) is 1.80. The fourth-order valence-corrected chi connectivity index (χ4v) is 4.72. The smallest absolute Gasteiger partial charge is 0.481 e.